The highest BCUT2D eigenvalue weighted by Crippen LogP contribution is 2.15. The summed E-state index contributed by atoms with van der Waals surface area (Å²) in [5.74, 6) is -0.734. The molecule has 0 aliphatic carbocycles. The second kappa shape index (κ2) is 8.05. The number of aliphatic carboxylic acids is 1. The number of carboxylic acids is 1. The zero-order valence-corrected chi connectivity index (χ0v) is 13.6. The standard InChI is InChI=1S/C17H19N3O4/c1-11-14(8-9-15(21)22)12(2)19-16(18-11)20-17(23)24-10-13-6-4-3-5-7-13/h3-7H,8-10H2,1-2H3,(H,21,22)(H,18,19,20,23). The van der Waals surface area contributed by atoms with E-state index >= 15 is 0 Å². The van der Waals surface area contributed by atoms with Crippen LogP contribution in [-0.2, 0) is 22.6 Å². The van der Waals surface area contributed by atoms with Crippen LogP contribution in [0.1, 0.15) is 28.9 Å². The van der Waals surface area contributed by atoms with E-state index in [4.69, 9.17) is 9.84 Å². The van der Waals surface area contributed by atoms with Crippen LogP contribution in [0.2, 0.25) is 0 Å². The maximum absolute atomic E-state index is 11.8. The van der Waals surface area contributed by atoms with Gasteiger partial charge in [-0.1, -0.05) is 30.3 Å². The van der Waals surface area contributed by atoms with Gasteiger partial charge in [-0.15, -0.1) is 0 Å². The van der Waals surface area contributed by atoms with Gasteiger partial charge in [0.05, 0.1) is 0 Å². The number of hydrogen-bond acceptors (Lipinski definition) is 5. The molecule has 2 N–H and O–H groups in total. The van der Waals surface area contributed by atoms with E-state index in [-0.39, 0.29) is 19.0 Å². The molecule has 0 radical (unpaired) electrons. The summed E-state index contributed by atoms with van der Waals surface area (Å²) in [5.41, 5.74) is 2.94. The molecule has 0 fully saturated rings. The van der Waals surface area contributed by atoms with Crippen molar-refractivity contribution >= 4 is 18.0 Å². The predicted octanol–water partition coefficient (Wildman–Crippen LogP) is 2.86. The van der Waals surface area contributed by atoms with Crippen LogP contribution >= 0.6 is 0 Å². The summed E-state index contributed by atoms with van der Waals surface area (Å²) >= 11 is 0. The smallest absolute Gasteiger partial charge is 0.414 e. The Morgan fingerprint density at radius 1 is 1.12 bits per heavy atom. The van der Waals surface area contributed by atoms with Gasteiger partial charge in [-0.2, -0.15) is 0 Å². The van der Waals surface area contributed by atoms with Crippen LogP contribution in [0.5, 0.6) is 0 Å². The van der Waals surface area contributed by atoms with Gasteiger partial charge in [-0.25, -0.2) is 14.8 Å². The molecule has 1 aromatic carbocycles. The van der Waals surface area contributed by atoms with Crippen LogP contribution in [0, 0.1) is 13.8 Å². The van der Waals surface area contributed by atoms with Gasteiger partial charge in [-0.3, -0.25) is 10.1 Å². The van der Waals surface area contributed by atoms with Gasteiger partial charge < -0.3 is 9.84 Å². The normalized spacial score (nSPS) is 10.2. The number of hydrogen-bond donors (Lipinski definition) is 2. The molecule has 0 saturated heterocycles. The minimum atomic E-state index is -0.875. The molecule has 1 amide bonds. The van der Waals surface area contributed by atoms with Crippen molar-refractivity contribution in [3.63, 3.8) is 0 Å². The van der Waals surface area contributed by atoms with E-state index in [2.05, 4.69) is 15.3 Å². The predicted molar refractivity (Wildman–Crippen MR) is 87.7 cm³/mol. The highest BCUT2D eigenvalue weighted by molar-refractivity contribution is 5.82. The third-order valence-electron chi connectivity index (χ3n) is 3.44. The average Bonchev–Trinajstić information content (AvgIpc) is 2.53. The number of nitrogens with one attached hydrogen (secondary N) is 1. The first-order valence-corrected chi connectivity index (χ1v) is 7.49. The van der Waals surface area contributed by atoms with Crippen LogP contribution in [0.4, 0.5) is 10.7 Å². The molecule has 0 spiro atoms. The first-order chi connectivity index (χ1) is 11.5. The summed E-state index contributed by atoms with van der Waals surface area (Å²) in [4.78, 5) is 30.9. The molecule has 0 aliphatic heterocycles. The molecular formula is C17H19N3O4. The minimum Gasteiger partial charge on any atom is -0.481 e. The Kier molecular flexibility index (Phi) is 5.83. The second-order valence-corrected chi connectivity index (χ2v) is 5.28. The van der Waals surface area contributed by atoms with Crippen molar-refractivity contribution in [3.05, 3.63) is 52.8 Å². The molecule has 2 aromatic rings. The highest BCUT2D eigenvalue weighted by atomic mass is 16.5. The Hall–Kier alpha value is -2.96. The zero-order valence-electron chi connectivity index (χ0n) is 13.6. The number of aryl methyl sites for hydroxylation is 2. The summed E-state index contributed by atoms with van der Waals surface area (Å²) in [6.07, 6.45) is -0.279. The minimum absolute atomic E-state index is 0.0108. The zero-order chi connectivity index (χ0) is 17.5. The van der Waals surface area contributed by atoms with Crippen LogP contribution in [-0.4, -0.2) is 27.1 Å². The van der Waals surface area contributed by atoms with Crippen LogP contribution in [0.25, 0.3) is 0 Å². The second-order valence-electron chi connectivity index (χ2n) is 5.28. The van der Waals surface area contributed by atoms with Crippen molar-refractivity contribution in [2.45, 2.75) is 33.3 Å². The van der Waals surface area contributed by atoms with Gasteiger partial charge in [-0.05, 0) is 31.4 Å². The van der Waals surface area contributed by atoms with E-state index in [1.165, 1.54) is 0 Å². The molecule has 1 heterocycles. The molecule has 2 rings (SSSR count). The fraction of sp³-hybridized carbons (Fsp3) is 0.294. The lowest BCUT2D eigenvalue weighted by molar-refractivity contribution is -0.136. The summed E-state index contributed by atoms with van der Waals surface area (Å²) in [7, 11) is 0. The number of ether oxygens (including phenoxy) is 1. The van der Waals surface area contributed by atoms with Crippen molar-refractivity contribution in [1.82, 2.24) is 9.97 Å². The fourth-order valence-electron chi connectivity index (χ4n) is 2.24. The summed E-state index contributed by atoms with van der Waals surface area (Å²) in [5, 5.41) is 11.3. The van der Waals surface area contributed by atoms with Gasteiger partial charge in [0.25, 0.3) is 0 Å². The number of carbonyl (C=O) groups excluding carboxylic acids is 1. The molecule has 0 unspecified atom stereocenters. The van der Waals surface area contributed by atoms with Gasteiger partial charge >= 0.3 is 12.1 Å². The summed E-state index contributed by atoms with van der Waals surface area (Å²) < 4.78 is 5.11. The summed E-state index contributed by atoms with van der Waals surface area (Å²) in [6, 6.07) is 9.32. The lowest BCUT2D eigenvalue weighted by atomic mass is 10.1. The van der Waals surface area contributed by atoms with Gasteiger partial charge in [0.2, 0.25) is 5.95 Å². The van der Waals surface area contributed by atoms with Crippen LogP contribution in [0.3, 0.4) is 0 Å². The molecule has 0 saturated carbocycles. The lowest BCUT2D eigenvalue weighted by Crippen LogP contribution is -2.17. The molecule has 0 atom stereocenters. The molecule has 7 heteroatoms. The van der Waals surface area contributed by atoms with Crippen molar-refractivity contribution in [3.8, 4) is 0 Å². The van der Waals surface area contributed by atoms with Crippen molar-refractivity contribution in [2.24, 2.45) is 0 Å². The van der Waals surface area contributed by atoms with Crippen molar-refractivity contribution in [1.29, 1.82) is 0 Å². The fourth-order valence-corrected chi connectivity index (χ4v) is 2.24. The quantitative estimate of drug-likeness (QED) is 0.845. The topological polar surface area (TPSA) is 101 Å². The van der Waals surface area contributed by atoms with Gasteiger partial charge in [0.15, 0.2) is 0 Å². The molecule has 126 valence electrons. The number of anilines is 1. The first-order valence-electron chi connectivity index (χ1n) is 7.49. The molecular weight excluding hydrogens is 310 g/mol. The Morgan fingerprint density at radius 3 is 2.33 bits per heavy atom. The van der Waals surface area contributed by atoms with E-state index in [1.807, 2.05) is 30.3 Å². The SMILES string of the molecule is Cc1nc(NC(=O)OCc2ccccc2)nc(C)c1CCC(=O)O. The Balaban J connectivity index is 1.97. The highest BCUT2D eigenvalue weighted by Gasteiger charge is 2.12. The van der Waals surface area contributed by atoms with E-state index in [0.717, 1.165) is 11.1 Å². The molecule has 7 nitrogen and oxygen atoms in total. The van der Waals surface area contributed by atoms with Gasteiger partial charge in [0, 0.05) is 17.8 Å². The average molecular weight is 329 g/mol. The van der Waals surface area contributed by atoms with E-state index in [1.54, 1.807) is 13.8 Å². The number of aromatic nitrogens is 2. The maximum Gasteiger partial charge on any atom is 0.414 e. The Bertz CT molecular complexity index is 709. The van der Waals surface area contributed by atoms with Crippen molar-refractivity contribution in [2.75, 3.05) is 5.32 Å². The third-order valence-corrected chi connectivity index (χ3v) is 3.44. The Morgan fingerprint density at radius 2 is 1.75 bits per heavy atom. The number of amides is 1. The number of carbonyl (C=O) groups is 2. The molecule has 24 heavy (non-hydrogen) atoms. The van der Waals surface area contributed by atoms with E-state index < -0.39 is 12.1 Å². The number of nitrogens with zero attached hydrogens (tertiary/aromatic N) is 2. The third kappa shape index (κ3) is 5.05. The molecule has 0 bridgehead atoms. The summed E-state index contributed by atoms with van der Waals surface area (Å²) in [6.45, 7) is 3.67. The van der Waals surface area contributed by atoms with Crippen LogP contribution < -0.4 is 5.32 Å². The van der Waals surface area contributed by atoms with Crippen molar-refractivity contribution < 1.29 is 19.4 Å². The lowest BCUT2D eigenvalue weighted by Gasteiger charge is -2.11. The monoisotopic (exact) mass is 329 g/mol. The van der Waals surface area contributed by atoms with E-state index in [0.29, 0.717) is 17.8 Å². The Labute approximate surface area is 139 Å². The maximum atomic E-state index is 11.8. The number of carboxylic acid groups (broad SMARTS) is 1. The first kappa shape index (κ1) is 17.4. The van der Waals surface area contributed by atoms with Crippen LogP contribution in [0.15, 0.2) is 30.3 Å². The molecule has 0 aliphatic rings. The largest absolute Gasteiger partial charge is 0.481 e. The number of benzene rings is 1. The van der Waals surface area contributed by atoms with E-state index in [9.17, 15) is 9.59 Å². The number of rotatable bonds is 6. The van der Waals surface area contributed by atoms with Gasteiger partial charge in [0.1, 0.15) is 6.61 Å². The molecule has 1 aromatic heterocycles.